The number of aliphatic carboxylic acids is 1. The van der Waals surface area contributed by atoms with Crippen molar-refractivity contribution in [2.45, 2.75) is 31.8 Å². The van der Waals surface area contributed by atoms with Crippen molar-refractivity contribution in [2.24, 2.45) is 0 Å². The van der Waals surface area contributed by atoms with Crippen LogP contribution >= 0.6 is 0 Å². The van der Waals surface area contributed by atoms with Crippen molar-refractivity contribution in [3.63, 3.8) is 0 Å². The van der Waals surface area contributed by atoms with Crippen molar-refractivity contribution in [1.82, 2.24) is 9.97 Å². The van der Waals surface area contributed by atoms with Crippen molar-refractivity contribution in [3.8, 4) is 0 Å². The average molecular weight is 530 g/mol. The maximum atomic E-state index is 13.6. The minimum absolute atomic E-state index is 0.0884. The lowest BCUT2D eigenvalue weighted by Crippen LogP contribution is -2.36. The number of likely N-dealkylation sites (N-methyl/N-ethyl adjacent to an activating group) is 1. The number of rotatable bonds is 11. The SMILES string of the molecule is Cc1cc(C)c(S(=O)(=O)N(CC(=O)O)c2ccc(Nc3ccnc(N(C)CC(O)CO)n3)cc2)c(C)c1. The lowest BCUT2D eigenvalue weighted by atomic mass is 10.1. The molecule has 37 heavy (non-hydrogen) atoms. The van der Waals surface area contributed by atoms with Crippen molar-refractivity contribution >= 4 is 39.1 Å². The number of carboxylic acid groups (broad SMARTS) is 1. The van der Waals surface area contributed by atoms with Gasteiger partial charge in [0.15, 0.2) is 0 Å². The van der Waals surface area contributed by atoms with Gasteiger partial charge in [0.1, 0.15) is 12.4 Å². The minimum Gasteiger partial charge on any atom is -0.480 e. The van der Waals surface area contributed by atoms with Crippen LogP contribution in [0.5, 0.6) is 0 Å². The van der Waals surface area contributed by atoms with Crippen LogP contribution < -0.4 is 14.5 Å². The molecule has 0 aliphatic heterocycles. The second kappa shape index (κ2) is 11.5. The fourth-order valence-corrected chi connectivity index (χ4v) is 5.87. The van der Waals surface area contributed by atoms with E-state index in [4.69, 9.17) is 5.11 Å². The summed E-state index contributed by atoms with van der Waals surface area (Å²) in [6.07, 6.45) is 0.601. The molecule has 1 aromatic heterocycles. The zero-order chi connectivity index (χ0) is 27.3. The summed E-state index contributed by atoms with van der Waals surface area (Å²) >= 11 is 0. The first kappa shape index (κ1) is 27.8. The Morgan fingerprint density at radius 3 is 2.27 bits per heavy atom. The van der Waals surface area contributed by atoms with Crippen molar-refractivity contribution in [1.29, 1.82) is 0 Å². The molecule has 1 unspecified atom stereocenters. The molecular weight excluding hydrogens is 498 g/mol. The molecule has 3 rings (SSSR count). The molecule has 0 aliphatic carbocycles. The molecule has 3 aromatic rings. The molecule has 11 nitrogen and oxygen atoms in total. The Morgan fingerprint density at radius 1 is 1.08 bits per heavy atom. The van der Waals surface area contributed by atoms with E-state index in [2.05, 4.69) is 15.3 Å². The molecule has 0 saturated carbocycles. The van der Waals surface area contributed by atoms with Crippen LogP contribution in [0.1, 0.15) is 16.7 Å². The van der Waals surface area contributed by atoms with Crippen molar-refractivity contribution in [3.05, 3.63) is 65.4 Å². The maximum absolute atomic E-state index is 13.6. The summed E-state index contributed by atoms with van der Waals surface area (Å²) in [6.45, 7) is 4.28. The zero-order valence-electron chi connectivity index (χ0n) is 21.1. The number of anilines is 4. The highest BCUT2D eigenvalue weighted by atomic mass is 32.2. The number of aliphatic hydroxyl groups excluding tert-OH is 2. The number of aromatic nitrogens is 2. The molecule has 0 aliphatic rings. The molecule has 2 aromatic carbocycles. The number of nitrogens with zero attached hydrogens (tertiary/aromatic N) is 4. The fraction of sp³-hybridized carbons (Fsp3) is 0.320. The van der Waals surface area contributed by atoms with Gasteiger partial charge in [-0.3, -0.25) is 9.10 Å². The van der Waals surface area contributed by atoms with E-state index in [-0.39, 0.29) is 23.7 Å². The zero-order valence-corrected chi connectivity index (χ0v) is 21.9. The van der Waals surface area contributed by atoms with Gasteiger partial charge >= 0.3 is 5.97 Å². The smallest absolute Gasteiger partial charge is 0.324 e. The van der Waals surface area contributed by atoms with Crippen LogP contribution in [-0.4, -0.2) is 72.5 Å². The molecular formula is C25H31N5O6S. The third-order valence-electron chi connectivity index (χ3n) is 5.54. The van der Waals surface area contributed by atoms with Crippen molar-refractivity contribution in [2.75, 3.05) is 41.3 Å². The maximum Gasteiger partial charge on any atom is 0.324 e. The van der Waals surface area contributed by atoms with Crippen LogP contribution in [0.2, 0.25) is 0 Å². The number of nitrogens with one attached hydrogen (secondary N) is 1. The van der Waals surface area contributed by atoms with E-state index in [0.717, 1.165) is 9.87 Å². The summed E-state index contributed by atoms with van der Waals surface area (Å²) in [4.78, 5) is 21.8. The highest BCUT2D eigenvalue weighted by Gasteiger charge is 2.30. The van der Waals surface area contributed by atoms with E-state index >= 15 is 0 Å². The summed E-state index contributed by atoms with van der Waals surface area (Å²) in [5.41, 5.74) is 2.79. The van der Waals surface area contributed by atoms with Gasteiger partial charge in [0, 0.05) is 25.5 Å². The van der Waals surface area contributed by atoms with Gasteiger partial charge in [0.25, 0.3) is 10.0 Å². The Morgan fingerprint density at radius 2 is 1.70 bits per heavy atom. The monoisotopic (exact) mass is 529 g/mol. The molecule has 4 N–H and O–H groups in total. The largest absolute Gasteiger partial charge is 0.480 e. The number of benzene rings is 2. The summed E-state index contributed by atoms with van der Waals surface area (Å²) in [5, 5.41) is 31.2. The average Bonchev–Trinajstić information content (AvgIpc) is 2.82. The molecule has 0 bridgehead atoms. The van der Waals surface area contributed by atoms with Crippen LogP contribution in [-0.2, 0) is 14.8 Å². The first-order chi connectivity index (χ1) is 17.4. The van der Waals surface area contributed by atoms with Gasteiger partial charge in [-0.1, -0.05) is 17.7 Å². The Labute approximate surface area is 216 Å². The molecule has 0 fully saturated rings. The van der Waals surface area contributed by atoms with Gasteiger partial charge in [-0.15, -0.1) is 0 Å². The summed E-state index contributed by atoms with van der Waals surface area (Å²) < 4.78 is 28.1. The van der Waals surface area contributed by atoms with Gasteiger partial charge in [-0.25, -0.2) is 13.4 Å². The lowest BCUT2D eigenvalue weighted by molar-refractivity contribution is -0.135. The minimum atomic E-state index is -4.16. The van der Waals surface area contributed by atoms with Gasteiger partial charge < -0.3 is 25.5 Å². The Kier molecular flexibility index (Phi) is 8.69. The van der Waals surface area contributed by atoms with E-state index < -0.39 is 28.6 Å². The Hall–Kier alpha value is -3.74. The summed E-state index contributed by atoms with van der Waals surface area (Å²) in [5.74, 6) is -0.502. The van der Waals surface area contributed by atoms with E-state index in [1.165, 1.54) is 18.3 Å². The summed E-state index contributed by atoms with van der Waals surface area (Å²) in [7, 11) is -2.48. The van der Waals surface area contributed by atoms with E-state index in [9.17, 15) is 23.4 Å². The topological polar surface area (TPSA) is 156 Å². The van der Waals surface area contributed by atoms with Gasteiger partial charge in [-0.05, 0) is 62.2 Å². The third-order valence-corrected chi connectivity index (χ3v) is 7.62. The van der Waals surface area contributed by atoms with E-state index in [1.54, 1.807) is 56.1 Å². The summed E-state index contributed by atoms with van der Waals surface area (Å²) in [6, 6.07) is 11.4. The highest BCUT2D eigenvalue weighted by Crippen LogP contribution is 2.30. The first-order valence-electron chi connectivity index (χ1n) is 11.4. The number of sulfonamides is 1. The van der Waals surface area contributed by atoms with Crippen molar-refractivity contribution < 1.29 is 28.5 Å². The quantitative estimate of drug-likeness (QED) is 0.290. The second-order valence-corrected chi connectivity index (χ2v) is 10.6. The van der Waals surface area contributed by atoms with Crippen LogP contribution in [0.25, 0.3) is 0 Å². The standard InChI is InChI=1S/C25H31N5O6S/c1-16-11-17(2)24(18(3)12-16)37(35,36)30(14-23(33)34)20-7-5-19(6-8-20)27-22-9-10-26-25(28-22)29(4)13-21(32)15-31/h5-12,21,31-32H,13-15H2,1-4H3,(H,33,34)(H,26,27,28). The number of carboxylic acids is 1. The molecule has 12 heteroatoms. The first-order valence-corrected chi connectivity index (χ1v) is 12.9. The number of hydrogen-bond acceptors (Lipinski definition) is 9. The second-order valence-electron chi connectivity index (χ2n) is 8.76. The molecule has 198 valence electrons. The number of aryl methyl sites for hydroxylation is 3. The molecule has 0 saturated heterocycles. The molecule has 0 amide bonds. The van der Waals surface area contributed by atoms with Crippen LogP contribution in [0.4, 0.5) is 23.1 Å². The van der Waals surface area contributed by atoms with Crippen LogP contribution in [0, 0.1) is 20.8 Å². The van der Waals surface area contributed by atoms with E-state index in [1.807, 2.05) is 6.92 Å². The highest BCUT2D eigenvalue weighted by molar-refractivity contribution is 7.93. The Bertz CT molecular complexity index is 1340. The molecule has 1 heterocycles. The lowest BCUT2D eigenvalue weighted by Gasteiger charge is -2.25. The molecule has 1 atom stereocenters. The molecule has 0 radical (unpaired) electrons. The number of carbonyl (C=O) groups is 1. The Balaban J connectivity index is 1.88. The fourth-order valence-electron chi connectivity index (χ4n) is 4.04. The normalized spacial score (nSPS) is 12.2. The number of hydrogen-bond donors (Lipinski definition) is 4. The number of aliphatic hydroxyl groups is 2. The predicted molar refractivity (Wildman–Crippen MR) is 141 cm³/mol. The van der Waals surface area contributed by atoms with Crippen LogP contribution in [0.15, 0.2) is 53.6 Å². The van der Waals surface area contributed by atoms with Gasteiger partial charge in [-0.2, -0.15) is 4.98 Å². The van der Waals surface area contributed by atoms with E-state index in [0.29, 0.717) is 28.6 Å². The van der Waals surface area contributed by atoms with Gasteiger partial charge in [0.05, 0.1) is 23.3 Å². The predicted octanol–water partition coefficient (Wildman–Crippen LogP) is 2.21. The third kappa shape index (κ3) is 6.73. The van der Waals surface area contributed by atoms with Gasteiger partial charge in [0.2, 0.25) is 5.95 Å². The molecule has 0 spiro atoms. The van der Waals surface area contributed by atoms with Crippen LogP contribution in [0.3, 0.4) is 0 Å².